The highest BCUT2D eigenvalue weighted by molar-refractivity contribution is 7.92. The SMILES string of the molecule is CC[C@H](C)NC(=O)[C@H](CC)N(Cc1ccc(F)cc1)C(=O)CN(c1cccc(Cl)c1C)S(=O)(=O)c1ccc(C)cc1. The molecular formula is C31H37ClFN3O4S. The normalized spacial score (nSPS) is 12.9. The third kappa shape index (κ3) is 7.86. The van der Waals surface area contributed by atoms with Gasteiger partial charge in [-0.3, -0.25) is 13.9 Å². The molecule has 0 saturated carbocycles. The van der Waals surface area contributed by atoms with Crippen LogP contribution >= 0.6 is 11.6 Å². The Labute approximate surface area is 247 Å². The zero-order chi connectivity index (χ0) is 30.3. The summed E-state index contributed by atoms with van der Waals surface area (Å²) in [5.74, 6) is -1.36. The number of anilines is 1. The first-order valence-corrected chi connectivity index (χ1v) is 15.4. The van der Waals surface area contributed by atoms with E-state index in [1.54, 1.807) is 44.2 Å². The molecule has 0 aliphatic rings. The summed E-state index contributed by atoms with van der Waals surface area (Å²) in [6.45, 7) is 8.53. The van der Waals surface area contributed by atoms with E-state index in [0.29, 0.717) is 22.6 Å². The minimum absolute atomic E-state index is 0.0154. The van der Waals surface area contributed by atoms with E-state index in [0.717, 1.165) is 9.87 Å². The average Bonchev–Trinajstić information content (AvgIpc) is 2.94. The summed E-state index contributed by atoms with van der Waals surface area (Å²) in [6, 6.07) is 15.9. The van der Waals surface area contributed by atoms with Crippen LogP contribution in [0.1, 0.15) is 50.3 Å². The van der Waals surface area contributed by atoms with Crippen LogP contribution in [0.3, 0.4) is 0 Å². The van der Waals surface area contributed by atoms with Crippen LogP contribution in [0.5, 0.6) is 0 Å². The Morgan fingerprint density at radius 1 is 0.951 bits per heavy atom. The number of halogens is 2. The van der Waals surface area contributed by atoms with E-state index in [4.69, 9.17) is 11.6 Å². The molecular weight excluding hydrogens is 565 g/mol. The fourth-order valence-electron chi connectivity index (χ4n) is 4.36. The molecule has 0 bridgehead atoms. The van der Waals surface area contributed by atoms with Crippen molar-refractivity contribution < 1.29 is 22.4 Å². The predicted molar refractivity (Wildman–Crippen MR) is 161 cm³/mol. The summed E-state index contributed by atoms with van der Waals surface area (Å²) < 4.78 is 42.7. The molecule has 1 N–H and O–H groups in total. The van der Waals surface area contributed by atoms with Crippen LogP contribution in [-0.4, -0.2) is 43.8 Å². The van der Waals surface area contributed by atoms with E-state index in [-0.39, 0.29) is 35.5 Å². The van der Waals surface area contributed by atoms with Gasteiger partial charge >= 0.3 is 0 Å². The topological polar surface area (TPSA) is 86.8 Å². The van der Waals surface area contributed by atoms with Crippen molar-refractivity contribution in [2.75, 3.05) is 10.8 Å². The minimum atomic E-state index is -4.22. The van der Waals surface area contributed by atoms with Gasteiger partial charge < -0.3 is 10.2 Å². The molecule has 3 aromatic rings. The summed E-state index contributed by atoms with van der Waals surface area (Å²) >= 11 is 6.37. The highest BCUT2D eigenvalue weighted by atomic mass is 35.5. The van der Waals surface area contributed by atoms with Crippen molar-refractivity contribution >= 4 is 39.1 Å². The van der Waals surface area contributed by atoms with E-state index in [9.17, 15) is 22.4 Å². The number of aryl methyl sites for hydroxylation is 1. The van der Waals surface area contributed by atoms with Gasteiger partial charge in [-0.05, 0) is 81.1 Å². The van der Waals surface area contributed by atoms with Crippen LogP contribution in [-0.2, 0) is 26.2 Å². The van der Waals surface area contributed by atoms with E-state index in [1.807, 2.05) is 20.8 Å². The number of carbonyl (C=O) groups is 2. The van der Waals surface area contributed by atoms with Crippen molar-refractivity contribution in [3.63, 3.8) is 0 Å². The van der Waals surface area contributed by atoms with Gasteiger partial charge in [0, 0.05) is 17.6 Å². The summed E-state index contributed by atoms with van der Waals surface area (Å²) in [5.41, 5.74) is 2.23. The van der Waals surface area contributed by atoms with Crippen LogP contribution in [0.25, 0.3) is 0 Å². The van der Waals surface area contributed by atoms with Gasteiger partial charge in [0.1, 0.15) is 18.4 Å². The Morgan fingerprint density at radius 2 is 1.59 bits per heavy atom. The van der Waals surface area contributed by atoms with Crippen molar-refractivity contribution in [1.82, 2.24) is 10.2 Å². The molecule has 0 unspecified atom stereocenters. The molecule has 0 saturated heterocycles. The summed E-state index contributed by atoms with van der Waals surface area (Å²) in [6.07, 6.45) is 0.987. The fourth-order valence-corrected chi connectivity index (χ4v) is 6.01. The molecule has 2 atom stereocenters. The van der Waals surface area contributed by atoms with Gasteiger partial charge in [-0.2, -0.15) is 0 Å². The van der Waals surface area contributed by atoms with E-state index >= 15 is 0 Å². The van der Waals surface area contributed by atoms with Gasteiger partial charge in [0.25, 0.3) is 10.0 Å². The van der Waals surface area contributed by atoms with Gasteiger partial charge in [-0.1, -0.05) is 61.3 Å². The zero-order valence-electron chi connectivity index (χ0n) is 24.0. The summed E-state index contributed by atoms with van der Waals surface area (Å²) in [5, 5.41) is 3.28. The average molecular weight is 602 g/mol. The molecule has 0 aromatic heterocycles. The largest absolute Gasteiger partial charge is 0.352 e. The number of rotatable bonds is 12. The van der Waals surface area contributed by atoms with E-state index in [2.05, 4.69) is 5.32 Å². The van der Waals surface area contributed by atoms with Gasteiger partial charge in [0.15, 0.2) is 0 Å². The maximum absolute atomic E-state index is 14.1. The van der Waals surface area contributed by atoms with Crippen LogP contribution in [0, 0.1) is 19.7 Å². The van der Waals surface area contributed by atoms with Crippen molar-refractivity contribution in [2.45, 2.75) is 71.0 Å². The Kier molecular flexibility index (Phi) is 10.9. The monoisotopic (exact) mass is 601 g/mol. The van der Waals surface area contributed by atoms with Gasteiger partial charge in [-0.15, -0.1) is 0 Å². The lowest BCUT2D eigenvalue weighted by atomic mass is 10.1. The third-order valence-corrected chi connectivity index (χ3v) is 9.23. The van der Waals surface area contributed by atoms with Crippen molar-refractivity contribution in [3.8, 4) is 0 Å². The lowest BCUT2D eigenvalue weighted by molar-refractivity contribution is -0.140. The molecule has 0 heterocycles. The standard InChI is InChI=1S/C31H37ClFN3O4S/c1-6-22(4)34-31(38)28(7-2)35(19-24-13-15-25(33)16-14-24)30(37)20-36(29-10-8-9-27(32)23(29)5)41(39,40)26-17-11-21(3)12-18-26/h8-18,22,28H,6-7,19-20H2,1-5H3,(H,34,38)/t22-,28-/m0/s1. The first-order chi connectivity index (χ1) is 19.4. The predicted octanol–water partition coefficient (Wildman–Crippen LogP) is 6.01. The number of sulfonamides is 1. The quantitative estimate of drug-likeness (QED) is 0.275. The third-order valence-electron chi connectivity index (χ3n) is 7.05. The molecule has 3 aromatic carbocycles. The molecule has 3 rings (SSSR count). The summed E-state index contributed by atoms with van der Waals surface area (Å²) in [4.78, 5) is 28.8. The van der Waals surface area contributed by atoms with Gasteiger partial charge in [0.2, 0.25) is 11.8 Å². The number of carbonyl (C=O) groups excluding carboxylic acids is 2. The second kappa shape index (κ2) is 14.0. The van der Waals surface area contributed by atoms with Crippen LogP contribution in [0.2, 0.25) is 5.02 Å². The maximum Gasteiger partial charge on any atom is 0.264 e. The minimum Gasteiger partial charge on any atom is -0.352 e. The van der Waals surface area contributed by atoms with Gasteiger partial charge in [-0.25, -0.2) is 12.8 Å². The zero-order valence-corrected chi connectivity index (χ0v) is 25.6. The van der Waals surface area contributed by atoms with E-state index in [1.165, 1.54) is 41.3 Å². The number of amides is 2. The Morgan fingerprint density at radius 3 is 2.17 bits per heavy atom. The Hall–Kier alpha value is -3.43. The Bertz CT molecular complexity index is 1460. The Balaban J connectivity index is 2.10. The maximum atomic E-state index is 14.1. The smallest absolute Gasteiger partial charge is 0.264 e. The first-order valence-electron chi connectivity index (χ1n) is 13.6. The number of nitrogens with zero attached hydrogens (tertiary/aromatic N) is 2. The molecule has 10 heteroatoms. The molecule has 2 amide bonds. The molecule has 0 aliphatic carbocycles. The molecule has 7 nitrogen and oxygen atoms in total. The first kappa shape index (κ1) is 32.1. The summed E-state index contributed by atoms with van der Waals surface area (Å²) in [7, 11) is -4.22. The molecule has 0 radical (unpaired) electrons. The van der Waals surface area contributed by atoms with Crippen LogP contribution < -0.4 is 9.62 Å². The van der Waals surface area contributed by atoms with Crippen LogP contribution in [0.15, 0.2) is 71.6 Å². The molecule has 0 aliphatic heterocycles. The van der Waals surface area contributed by atoms with E-state index < -0.39 is 34.3 Å². The molecule has 41 heavy (non-hydrogen) atoms. The number of hydrogen-bond acceptors (Lipinski definition) is 4. The van der Waals surface area contributed by atoms with Crippen molar-refractivity contribution in [3.05, 3.63) is 94.3 Å². The highest BCUT2D eigenvalue weighted by Crippen LogP contribution is 2.31. The molecule has 0 fully saturated rings. The van der Waals surface area contributed by atoms with Crippen molar-refractivity contribution in [2.24, 2.45) is 0 Å². The van der Waals surface area contributed by atoms with Crippen LogP contribution in [0.4, 0.5) is 10.1 Å². The fraction of sp³-hybridized carbons (Fsp3) is 0.355. The molecule has 220 valence electrons. The number of benzene rings is 3. The molecule has 0 spiro atoms. The second-order valence-electron chi connectivity index (χ2n) is 10.1. The lowest BCUT2D eigenvalue weighted by Crippen LogP contribution is -2.53. The lowest BCUT2D eigenvalue weighted by Gasteiger charge is -2.34. The van der Waals surface area contributed by atoms with Crippen molar-refractivity contribution in [1.29, 1.82) is 0 Å². The highest BCUT2D eigenvalue weighted by Gasteiger charge is 2.34. The number of nitrogens with one attached hydrogen (secondary N) is 1. The number of hydrogen-bond donors (Lipinski definition) is 1. The second-order valence-corrected chi connectivity index (χ2v) is 12.4. The van der Waals surface area contributed by atoms with Gasteiger partial charge in [0.05, 0.1) is 10.6 Å².